The van der Waals surface area contributed by atoms with Crippen molar-refractivity contribution in [1.29, 1.82) is 0 Å². The number of benzene rings is 1. The van der Waals surface area contributed by atoms with Crippen LogP contribution in [0.1, 0.15) is 18.6 Å². The Morgan fingerprint density at radius 2 is 1.54 bits per heavy atom. The second-order valence-electron chi connectivity index (χ2n) is 7.94. The van der Waals surface area contributed by atoms with Gasteiger partial charge in [-0.2, -0.15) is 13.2 Å². The molecule has 3 nitrogen and oxygen atoms in total. The summed E-state index contributed by atoms with van der Waals surface area (Å²) in [6, 6.07) is 6.36. The molecule has 0 heterocycles. The fourth-order valence-electron chi connectivity index (χ4n) is 2.50. The van der Waals surface area contributed by atoms with Crippen LogP contribution in [0.15, 0.2) is 24.3 Å². The summed E-state index contributed by atoms with van der Waals surface area (Å²) >= 11 is 6.24. The molecule has 26 heavy (non-hydrogen) atoms. The maximum absolute atomic E-state index is 14.4. The van der Waals surface area contributed by atoms with Crippen LogP contribution in [0.3, 0.4) is 0 Å². The van der Waals surface area contributed by atoms with E-state index in [1.807, 2.05) is 19.6 Å². The molecule has 2 atom stereocenters. The smallest absolute Gasteiger partial charge is 0.405 e. The number of ether oxygens (including phenoxy) is 1. The van der Waals surface area contributed by atoms with Gasteiger partial charge in [0.15, 0.2) is 16.6 Å². The van der Waals surface area contributed by atoms with Gasteiger partial charge < -0.3 is 13.6 Å². The minimum absolute atomic E-state index is 0.181. The number of halogens is 4. The Balaban J connectivity index is 3.72. The second kappa shape index (κ2) is 8.32. The average molecular weight is 429 g/mol. The van der Waals surface area contributed by atoms with Gasteiger partial charge in [-0.15, -0.1) is 0 Å². The Labute approximate surface area is 161 Å². The van der Waals surface area contributed by atoms with Crippen LogP contribution in [0.4, 0.5) is 13.2 Å². The van der Waals surface area contributed by atoms with Crippen LogP contribution in [0, 0.1) is 0 Å². The third kappa shape index (κ3) is 6.07. The third-order valence-corrected chi connectivity index (χ3v) is 5.42. The van der Waals surface area contributed by atoms with E-state index >= 15 is 0 Å². The summed E-state index contributed by atoms with van der Waals surface area (Å²) in [5.41, 5.74) is 0.209. The van der Waals surface area contributed by atoms with Crippen molar-refractivity contribution in [2.45, 2.75) is 64.3 Å². The van der Waals surface area contributed by atoms with Gasteiger partial charge in [0.05, 0.1) is 0 Å². The van der Waals surface area contributed by atoms with Gasteiger partial charge in [0.2, 0.25) is 0 Å². The maximum atomic E-state index is 14.4. The van der Waals surface area contributed by atoms with Crippen molar-refractivity contribution < 1.29 is 26.8 Å². The average Bonchev–Trinajstić information content (AvgIpc) is 2.41. The van der Waals surface area contributed by atoms with Crippen LogP contribution < -0.4 is 0 Å². The first-order chi connectivity index (χ1) is 11.6. The van der Waals surface area contributed by atoms with E-state index in [0.717, 1.165) is 0 Å². The lowest BCUT2D eigenvalue weighted by atomic mass is 10.0. The lowest BCUT2D eigenvalue weighted by molar-refractivity contribution is -0.383. The predicted octanol–water partition coefficient (Wildman–Crippen LogP) is 6.38. The monoisotopic (exact) mass is 428 g/mol. The van der Waals surface area contributed by atoms with Crippen molar-refractivity contribution in [1.82, 2.24) is 0 Å². The molecule has 0 aliphatic rings. The van der Waals surface area contributed by atoms with E-state index in [1.54, 1.807) is 37.8 Å². The first-order valence-electron chi connectivity index (χ1n) is 8.46. The highest BCUT2D eigenvalue weighted by atomic mass is 35.5. The molecule has 1 rings (SSSR count). The molecule has 0 bridgehead atoms. The maximum Gasteiger partial charge on any atom is 0.445 e. The van der Waals surface area contributed by atoms with E-state index < -0.39 is 34.7 Å². The quantitative estimate of drug-likeness (QED) is 0.355. The molecule has 9 heteroatoms. The van der Waals surface area contributed by atoms with E-state index in [2.05, 4.69) is 0 Å². The van der Waals surface area contributed by atoms with Crippen LogP contribution in [0.25, 0.3) is 0 Å². The van der Waals surface area contributed by atoms with Crippen molar-refractivity contribution in [3.05, 3.63) is 34.9 Å². The second-order valence-corrected chi connectivity index (χ2v) is 17.2. The van der Waals surface area contributed by atoms with E-state index in [4.69, 9.17) is 25.2 Å². The zero-order valence-electron chi connectivity index (χ0n) is 16.3. The summed E-state index contributed by atoms with van der Waals surface area (Å²) in [6.07, 6.45) is -6.33. The van der Waals surface area contributed by atoms with E-state index in [9.17, 15) is 13.2 Å². The lowest BCUT2D eigenvalue weighted by Crippen LogP contribution is -2.60. The van der Waals surface area contributed by atoms with Gasteiger partial charge in [-0.3, -0.25) is 0 Å². The molecule has 0 amide bonds. The zero-order chi connectivity index (χ0) is 20.4. The van der Waals surface area contributed by atoms with E-state index in [0.29, 0.717) is 0 Å². The fraction of sp³-hybridized carbons (Fsp3) is 0.647. The number of hydrogen-bond acceptors (Lipinski definition) is 3. The van der Waals surface area contributed by atoms with Crippen LogP contribution in [-0.2, 0) is 13.6 Å². The molecule has 0 fully saturated rings. The van der Waals surface area contributed by atoms with Crippen LogP contribution in [0.5, 0.6) is 0 Å². The Kier molecular flexibility index (Phi) is 7.57. The topological polar surface area (TPSA) is 27.7 Å². The van der Waals surface area contributed by atoms with E-state index in [1.165, 1.54) is 13.0 Å². The van der Waals surface area contributed by atoms with Crippen molar-refractivity contribution in [2.75, 3.05) is 6.61 Å². The standard InChI is InChI=1S/C17H28ClF3O3Si2/c1-8-22-16(17(19,20)21,24-26(5,6)7)15(23-25(2,3)4)13-11-9-10-12-14(13)18/h9-12,15H,8H2,1-7H3. The van der Waals surface area contributed by atoms with Gasteiger partial charge in [0.25, 0.3) is 5.79 Å². The molecule has 0 spiro atoms. The first kappa shape index (κ1) is 23.7. The van der Waals surface area contributed by atoms with Crippen molar-refractivity contribution >= 4 is 28.2 Å². The summed E-state index contributed by atoms with van der Waals surface area (Å²) in [5, 5.41) is 0.184. The van der Waals surface area contributed by atoms with E-state index in [-0.39, 0.29) is 17.2 Å². The lowest BCUT2D eigenvalue weighted by Gasteiger charge is -2.46. The summed E-state index contributed by atoms with van der Waals surface area (Å²) in [6.45, 7) is 11.8. The normalized spacial score (nSPS) is 17.0. The Bertz CT molecular complexity index is 600. The zero-order valence-corrected chi connectivity index (χ0v) is 19.1. The Morgan fingerprint density at radius 3 is 1.92 bits per heavy atom. The van der Waals surface area contributed by atoms with Crippen LogP contribution >= 0.6 is 11.6 Å². The highest BCUT2D eigenvalue weighted by Gasteiger charge is 2.65. The van der Waals surface area contributed by atoms with Gasteiger partial charge >= 0.3 is 6.18 Å². The summed E-state index contributed by atoms with van der Waals surface area (Å²) in [4.78, 5) is 0. The van der Waals surface area contributed by atoms with Crippen LogP contribution in [0.2, 0.25) is 44.3 Å². The molecule has 0 aliphatic heterocycles. The van der Waals surface area contributed by atoms with Crippen molar-refractivity contribution in [2.24, 2.45) is 0 Å². The Morgan fingerprint density at radius 1 is 1.00 bits per heavy atom. The molecule has 0 aliphatic carbocycles. The van der Waals surface area contributed by atoms with Gasteiger partial charge in [-0.25, -0.2) is 0 Å². The molecule has 0 saturated heterocycles. The Hall–Kier alpha value is -0.386. The number of hydrogen-bond donors (Lipinski definition) is 0. The highest BCUT2D eigenvalue weighted by Crippen LogP contribution is 2.49. The molecule has 0 N–H and O–H groups in total. The minimum Gasteiger partial charge on any atom is -0.405 e. The summed E-state index contributed by atoms with van der Waals surface area (Å²) < 4.78 is 60.2. The van der Waals surface area contributed by atoms with Gasteiger partial charge in [0, 0.05) is 17.2 Å². The third-order valence-electron chi connectivity index (χ3n) is 3.22. The molecular formula is C17H28ClF3O3Si2. The molecule has 0 saturated carbocycles. The molecule has 150 valence electrons. The van der Waals surface area contributed by atoms with Crippen molar-refractivity contribution in [3.63, 3.8) is 0 Å². The number of rotatable bonds is 8. The van der Waals surface area contributed by atoms with Gasteiger partial charge in [-0.05, 0) is 52.3 Å². The van der Waals surface area contributed by atoms with Gasteiger partial charge in [0.1, 0.15) is 6.10 Å². The van der Waals surface area contributed by atoms with Crippen molar-refractivity contribution in [3.8, 4) is 0 Å². The molecule has 1 aromatic rings. The molecule has 0 aromatic heterocycles. The largest absolute Gasteiger partial charge is 0.445 e. The summed E-state index contributed by atoms with van der Waals surface area (Å²) in [5.74, 6) is -2.92. The predicted molar refractivity (Wildman–Crippen MR) is 103 cm³/mol. The SMILES string of the molecule is CCOC(O[Si](C)(C)C)(C(O[Si](C)(C)C)c1ccccc1Cl)C(F)(F)F. The molecule has 0 radical (unpaired) electrons. The fourth-order valence-corrected chi connectivity index (χ4v) is 4.92. The number of alkyl halides is 3. The molecule has 2 unspecified atom stereocenters. The van der Waals surface area contributed by atoms with Gasteiger partial charge in [-0.1, -0.05) is 29.8 Å². The highest BCUT2D eigenvalue weighted by molar-refractivity contribution is 6.70. The molecular weight excluding hydrogens is 401 g/mol. The molecule has 1 aromatic carbocycles. The first-order valence-corrected chi connectivity index (χ1v) is 15.7. The summed E-state index contributed by atoms with van der Waals surface area (Å²) in [7, 11) is -5.10. The van der Waals surface area contributed by atoms with Crippen LogP contribution in [-0.4, -0.2) is 35.2 Å². The minimum atomic E-state index is -4.81.